The van der Waals surface area contributed by atoms with E-state index in [1.165, 1.54) is 11.8 Å². The third-order valence-electron chi connectivity index (χ3n) is 7.85. The Morgan fingerprint density at radius 3 is 2.82 bits per heavy atom. The zero-order chi connectivity index (χ0) is 23.3. The fourth-order valence-electron chi connectivity index (χ4n) is 6.11. The predicted molar refractivity (Wildman–Crippen MR) is 131 cm³/mol. The molecule has 4 aliphatic heterocycles. The Kier molecular flexibility index (Phi) is 5.82. The number of piperidine rings is 1. The second kappa shape index (κ2) is 8.84. The summed E-state index contributed by atoms with van der Waals surface area (Å²) in [4.78, 5) is 19.8. The number of rotatable bonds is 4. The number of hydrogen-bond donors (Lipinski definition) is 1. The van der Waals surface area contributed by atoms with E-state index in [1.807, 2.05) is 18.5 Å². The van der Waals surface area contributed by atoms with Crippen molar-refractivity contribution in [1.82, 2.24) is 15.0 Å². The highest BCUT2D eigenvalue weighted by molar-refractivity contribution is 7.99. The van der Waals surface area contributed by atoms with Gasteiger partial charge in [-0.2, -0.15) is 0 Å². The minimum atomic E-state index is -0.128. The van der Waals surface area contributed by atoms with Crippen molar-refractivity contribution in [1.29, 1.82) is 0 Å². The van der Waals surface area contributed by atoms with E-state index < -0.39 is 0 Å². The molecule has 9 heteroatoms. The minimum absolute atomic E-state index is 0.128. The standard InChI is InChI=1S/C25H33N5O3S/c1-16-9-18-14-32-22-20(3-6-26-24(22)30(18)12-16)34-21-11-27-23(19(13-31)28-21)29-7-4-25(5-8-29)10-17(2)33-15-25/h3,6,11,16-18,31H,4-5,7-10,12-15H2,1-2H3/t16-,17-,18-/m0/s1. The van der Waals surface area contributed by atoms with Gasteiger partial charge in [0.1, 0.15) is 17.3 Å². The van der Waals surface area contributed by atoms with Gasteiger partial charge in [-0.1, -0.05) is 18.7 Å². The topological polar surface area (TPSA) is 83.8 Å². The van der Waals surface area contributed by atoms with Gasteiger partial charge < -0.3 is 24.4 Å². The summed E-state index contributed by atoms with van der Waals surface area (Å²) in [7, 11) is 0. The zero-order valence-corrected chi connectivity index (χ0v) is 20.8. The predicted octanol–water partition coefficient (Wildman–Crippen LogP) is 3.52. The van der Waals surface area contributed by atoms with Crippen LogP contribution in [0.5, 0.6) is 5.75 Å². The molecule has 34 heavy (non-hydrogen) atoms. The maximum absolute atomic E-state index is 10.1. The third-order valence-corrected chi connectivity index (χ3v) is 8.80. The molecule has 1 spiro atoms. The molecule has 1 N–H and O–H groups in total. The lowest BCUT2D eigenvalue weighted by atomic mass is 9.77. The Labute approximate surface area is 205 Å². The molecule has 182 valence electrons. The molecule has 0 radical (unpaired) electrons. The van der Waals surface area contributed by atoms with Crippen molar-refractivity contribution < 1.29 is 14.6 Å². The monoisotopic (exact) mass is 483 g/mol. The molecule has 3 fully saturated rings. The highest BCUT2D eigenvalue weighted by atomic mass is 32.2. The van der Waals surface area contributed by atoms with Crippen LogP contribution in [0.15, 0.2) is 28.4 Å². The van der Waals surface area contributed by atoms with E-state index in [4.69, 9.17) is 19.4 Å². The maximum Gasteiger partial charge on any atom is 0.175 e. The fraction of sp³-hybridized carbons (Fsp3) is 0.640. The van der Waals surface area contributed by atoms with E-state index in [1.54, 1.807) is 0 Å². The molecular formula is C25H33N5O3S. The first kappa shape index (κ1) is 22.4. The van der Waals surface area contributed by atoms with Crippen LogP contribution in [0, 0.1) is 11.3 Å². The van der Waals surface area contributed by atoms with E-state index in [0.717, 1.165) is 79.2 Å². The molecule has 2 aromatic rings. The molecule has 8 nitrogen and oxygen atoms in total. The number of fused-ring (bicyclic) bond motifs is 3. The molecule has 0 unspecified atom stereocenters. The SMILES string of the molecule is C[C@H]1C[C@H]2COc3c(Sc4cnc(N5CCC6(CC5)CO[C@@H](C)C6)c(CO)n4)ccnc3N2C1. The van der Waals surface area contributed by atoms with E-state index in [-0.39, 0.29) is 6.61 Å². The molecule has 0 aromatic carbocycles. The van der Waals surface area contributed by atoms with Crippen LogP contribution in [0.1, 0.15) is 45.2 Å². The van der Waals surface area contributed by atoms with Gasteiger partial charge in [0.15, 0.2) is 17.4 Å². The zero-order valence-electron chi connectivity index (χ0n) is 19.9. The van der Waals surface area contributed by atoms with Crippen molar-refractivity contribution >= 4 is 23.4 Å². The van der Waals surface area contributed by atoms with E-state index in [9.17, 15) is 5.11 Å². The van der Waals surface area contributed by atoms with Crippen molar-refractivity contribution in [2.24, 2.45) is 11.3 Å². The molecular weight excluding hydrogens is 450 g/mol. The number of ether oxygens (including phenoxy) is 2. The summed E-state index contributed by atoms with van der Waals surface area (Å²) >= 11 is 1.53. The van der Waals surface area contributed by atoms with Gasteiger partial charge >= 0.3 is 0 Å². The molecule has 6 rings (SSSR count). The van der Waals surface area contributed by atoms with Crippen LogP contribution in [0.4, 0.5) is 11.6 Å². The van der Waals surface area contributed by atoms with Gasteiger partial charge in [-0.05, 0) is 50.0 Å². The number of anilines is 2. The first-order chi connectivity index (χ1) is 16.5. The molecule has 0 bridgehead atoms. The summed E-state index contributed by atoms with van der Waals surface area (Å²) in [6, 6.07) is 2.39. The molecule has 2 aromatic heterocycles. The van der Waals surface area contributed by atoms with Crippen LogP contribution in [0.25, 0.3) is 0 Å². The summed E-state index contributed by atoms with van der Waals surface area (Å²) in [6.45, 7) is 8.76. The van der Waals surface area contributed by atoms with Crippen LogP contribution in [-0.4, -0.2) is 65.1 Å². The Morgan fingerprint density at radius 1 is 1.21 bits per heavy atom. The van der Waals surface area contributed by atoms with Crippen molar-refractivity contribution in [3.05, 3.63) is 24.2 Å². The lowest BCUT2D eigenvalue weighted by molar-refractivity contribution is 0.0975. The summed E-state index contributed by atoms with van der Waals surface area (Å²) in [5.74, 6) is 3.22. The Bertz CT molecular complexity index is 1060. The molecule has 0 aliphatic carbocycles. The fourth-order valence-corrected chi connectivity index (χ4v) is 6.97. The van der Waals surface area contributed by atoms with Gasteiger partial charge in [0.05, 0.1) is 36.5 Å². The first-order valence-electron chi connectivity index (χ1n) is 12.4. The van der Waals surface area contributed by atoms with Gasteiger partial charge in [-0.3, -0.25) is 0 Å². The van der Waals surface area contributed by atoms with Gasteiger partial charge in [-0.15, -0.1) is 0 Å². The van der Waals surface area contributed by atoms with E-state index >= 15 is 0 Å². The van der Waals surface area contributed by atoms with E-state index in [2.05, 4.69) is 28.6 Å². The molecule has 3 saturated heterocycles. The normalized spacial score (nSPS) is 27.6. The van der Waals surface area contributed by atoms with Crippen LogP contribution in [0.2, 0.25) is 0 Å². The van der Waals surface area contributed by atoms with Gasteiger partial charge in [0.2, 0.25) is 0 Å². The summed E-state index contributed by atoms with van der Waals surface area (Å²) in [5.41, 5.74) is 0.944. The summed E-state index contributed by atoms with van der Waals surface area (Å²) in [5, 5.41) is 10.9. The average Bonchev–Trinajstić information content (AvgIpc) is 3.41. The number of pyridine rings is 1. The second-order valence-electron chi connectivity index (χ2n) is 10.5. The highest BCUT2D eigenvalue weighted by Crippen LogP contribution is 2.45. The summed E-state index contributed by atoms with van der Waals surface area (Å²) < 4.78 is 12.0. The molecule has 3 atom stereocenters. The number of aromatic nitrogens is 3. The van der Waals surface area contributed by atoms with E-state index in [0.29, 0.717) is 35.8 Å². The Balaban J connectivity index is 1.20. The van der Waals surface area contributed by atoms with Crippen molar-refractivity contribution in [3.63, 3.8) is 0 Å². The molecule has 0 amide bonds. The Morgan fingerprint density at radius 2 is 2.06 bits per heavy atom. The third kappa shape index (κ3) is 4.01. The van der Waals surface area contributed by atoms with Crippen molar-refractivity contribution in [2.45, 2.75) is 68.2 Å². The second-order valence-corrected chi connectivity index (χ2v) is 11.5. The maximum atomic E-state index is 10.1. The van der Waals surface area contributed by atoms with Crippen molar-refractivity contribution in [2.75, 3.05) is 42.6 Å². The van der Waals surface area contributed by atoms with Crippen LogP contribution < -0.4 is 14.5 Å². The lowest BCUT2D eigenvalue weighted by Crippen LogP contribution is -2.41. The van der Waals surface area contributed by atoms with Crippen LogP contribution in [0.3, 0.4) is 0 Å². The quantitative estimate of drug-likeness (QED) is 0.702. The number of nitrogens with zero attached hydrogens (tertiary/aromatic N) is 5. The lowest BCUT2D eigenvalue weighted by Gasteiger charge is -2.39. The molecule has 6 heterocycles. The first-order valence-corrected chi connectivity index (χ1v) is 13.2. The van der Waals surface area contributed by atoms with Crippen LogP contribution >= 0.6 is 11.8 Å². The minimum Gasteiger partial charge on any atom is -0.486 e. The number of aliphatic hydroxyl groups is 1. The molecule has 0 saturated carbocycles. The van der Waals surface area contributed by atoms with Gasteiger partial charge in [0.25, 0.3) is 0 Å². The smallest absolute Gasteiger partial charge is 0.175 e. The average molecular weight is 484 g/mol. The van der Waals surface area contributed by atoms with Crippen LogP contribution in [-0.2, 0) is 11.3 Å². The Hall–Kier alpha value is -2.10. The van der Waals surface area contributed by atoms with Gasteiger partial charge in [-0.25, -0.2) is 15.0 Å². The van der Waals surface area contributed by atoms with Crippen molar-refractivity contribution in [3.8, 4) is 5.75 Å². The molecule has 4 aliphatic rings. The number of hydrogen-bond acceptors (Lipinski definition) is 9. The summed E-state index contributed by atoms with van der Waals surface area (Å²) in [6.07, 6.45) is 8.51. The highest BCUT2D eigenvalue weighted by Gasteiger charge is 2.41. The largest absolute Gasteiger partial charge is 0.486 e. The van der Waals surface area contributed by atoms with Gasteiger partial charge in [0, 0.05) is 25.8 Å². The number of aliphatic hydroxyl groups excluding tert-OH is 1.